The van der Waals surface area contributed by atoms with Crippen LogP contribution in [-0.2, 0) is 14.8 Å². The smallest absolute Gasteiger partial charge is 0.324 e. The lowest BCUT2D eigenvalue weighted by Crippen LogP contribution is -2.49. The van der Waals surface area contributed by atoms with Crippen LogP contribution < -0.4 is 14.9 Å². The standard InChI is InChI=1S/C14H16ClN5O4S.ClH/c1-14(2,12(21)22)19-25(23,24)9-3-4-10-8(5-9)6-18-7-11(10)20(15)13(16)17;/h3-7,19H,1-2H3,(H3,16,17)(H,21,22);1H. The topological polar surface area (TPSA) is 149 Å². The van der Waals surface area contributed by atoms with E-state index in [1.165, 1.54) is 44.4 Å². The number of pyridine rings is 1. The van der Waals surface area contributed by atoms with Crippen LogP contribution >= 0.6 is 24.2 Å². The van der Waals surface area contributed by atoms with Crippen LogP contribution in [0.15, 0.2) is 35.5 Å². The van der Waals surface area contributed by atoms with Crippen molar-refractivity contribution in [3.05, 3.63) is 30.6 Å². The van der Waals surface area contributed by atoms with E-state index in [-0.39, 0.29) is 17.3 Å². The minimum atomic E-state index is -4.08. The highest BCUT2D eigenvalue weighted by Gasteiger charge is 2.33. The van der Waals surface area contributed by atoms with E-state index in [0.717, 1.165) is 4.42 Å². The molecule has 1 aromatic carbocycles. The fourth-order valence-electron chi connectivity index (χ4n) is 2.03. The van der Waals surface area contributed by atoms with Gasteiger partial charge in [0.15, 0.2) is 0 Å². The number of aromatic nitrogens is 1. The molecule has 1 heterocycles. The first-order chi connectivity index (χ1) is 11.5. The van der Waals surface area contributed by atoms with Gasteiger partial charge in [0, 0.05) is 28.7 Å². The van der Waals surface area contributed by atoms with Crippen molar-refractivity contribution >= 4 is 62.6 Å². The van der Waals surface area contributed by atoms with E-state index in [2.05, 4.69) is 9.71 Å². The third-order valence-electron chi connectivity index (χ3n) is 3.37. The number of hydrogen-bond acceptors (Lipinski definition) is 5. The summed E-state index contributed by atoms with van der Waals surface area (Å²) in [4.78, 5) is 15.0. The SMILES string of the molecule is CC(C)(NS(=O)(=O)c1ccc2c(N(Cl)C(=N)N)cncc2c1)C(=O)O.Cl. The largest absolute Gasteiger partial charge is 0.480 e. The van der Waals surface area contributed by atoms with Crippen molar-refractivity contribution in [3.8, 4) is 0 Å². The molecule has 0 spiro atoms. The Morgan fingerprint density at radius 3 is 2.54 bits per heavy atom. The first-order valence-electron chi connectivity index (χ1n) is 6.91. The average Bonchev–Trinajstić information content (AvgIpc) is 2.51. The molecule has 26 heavy (non-hydrogen) atoms. The molecule has 0 aliphatic carbocycles. The minimum absolute atomic E-state index is 0. The van der Waals surface area contributed by atoms with Gasteiger partial charge in [-0.25, -0.2) is 12.8 Å². The molecule has 1 aromatic heterocycles. The molecule has 0 saturated carbocycles. The van der Waals surface area contributed by atoms with Crippen molar-refractivity contribution in [3.63, 3.8) is 0 Å². The Labute approximate surface area is 161 Å². The molecule has 0 atom stereocenters. The van der Waals surface area contributed by atoms with E-state index in [1.807, 2.05) is 0 Å². The lowest BCUT2D eigenvalue weighted by molar-refractivity contribution is -0.142. The van der Waals surface area contributed by atoms with E-state index in [1.54, 1.807) is 0 Å². The number of rotatable bonds is 5. The number of carboxylic acid groups (broad SMARTS) is 1. The van der Waals surface area contributed by atoms with Gasteiger partial charge in [-0.3, -0.25) is 15.2 Å². The number of sulfonamides is 1. The van der Waals surface area contributed by atoms with Gasteiger partial charge in [0.05, 0.1) is 16.8 Å². The van der Waals surface area contributed by atoms with E-state index < -0.39 is 27.5 Å². The Hall–Kier alpha value is -2.14. The Balaban J connectivity index is 0.00000338. The number of aliphatic carboxylic acids is 1. The number of carbonyl (C=O) groups is 1. The highest BCUT2D eigenvalue weighted by atomic mass is 35.5. The predicted octanol–water partition coefficient (Wildman–Crippen LogP) is 1.65. The molecule has 0 bridgehead atoms. The molecule has 0 aliphatic rings. The highest BCUT2D eigenvalue weighted by molar-refractivity contribution is 7.89. The molecule has 142 valence electrons. The molecule has 0 saturated heterocycles. The van der Waals surface area contributed by atoms with Crippen LogP contribution in [0.2, 0.25) is 0 Å². The molecule has 12 heteroatoms. The second-order valence-corrected chi connectivity index (χ2v) is 7.76. The fourth-order valence-corrected chi connectivity index (χ4v) is 3.57. The van der Waals surface area contributed by atoms with Crippen LogP contribution in [0.1, 0.15) is 13.8 Å². The number of benzene rings is 1. The summed E-state index contributed by atoms with van der Waals surface area (Å²) in [7, 11) is -4.08. The van der Waals surface area contributed by atoms with Gasteiger partial charge in [0.25, 0.3) is 0 Å². The lowest BCUT2D eigenvalue weighted by atomic mass is 10.1. The lowest BCUT2D eigenvalue weighted by Gasteiger charge is -2.21. The van der Waals surface area contributed by atoms with Crippen LogP contribution in [0.3, 0.4) is 0 Å². The maximum absolute atomic E-state index is 12.4. The Morgan fingerprint density at radius 2 is 2.00 bits per heavy atom. The van der Waals surface area contributed by atoms with Crippen LogP contribution in [-0.4, -0.2) is 36.0 Å². The normalized spacial score (nSPS) is 11.7. The maximum atomic E-state index is 12.4. The molecule has 0 amide bonds. The molecular weight excluding hydrogens is 405 g/mol. The number of carboxylic acids is 1. The van der Waals surface area contributed by atoms with Crippen molar-refractivity contribution in [2.45, 2.75) is 24.3 Å². The number of guanidine groups is 1. The zero-order chi connectivity index (χ0) is 19.0. The van der Waals surface area contributed by atoms with Gasteiger partial charge in [0.2, 0.25) is 16.0 Å². The van der Waals surface area contributed by atoms with Gasteiger partial charge in [-0.05, 0) is 26.0 Å². The first-order valence-corrected chi connectivity index (χ1v) is 8.73. The van der Waals surface area contributed by atoms with E-state index in [0.29, 0.717) is 16.5 Å². The molecule has 0 aliphatic heterocycles. The number of nitrogens with one attached hydrogen (secondary N) is 2. The quantitative estimate of drug-likeness (QED) is 0.325. The summed E-state index contributed by atoms with van der Waals surface area (Å²) in [5, 5.41) is 17.4. The maximum Gasteiger partial charge on any atom is 0.324 e. The molecule has 0 unspecified atom stereocenters. The first kappa shape index (κ1) is 21.9. The second-order valence-electron chi connectivity index (χ2n) is 5.74. The van der Waals surface area contributed by atoms with Crippen molar-refractivity contribution in [2.75, 3.05) is 4.42 Å². The van der Waals surface area contributed by atoms with Crippen molar-refractivity contribution in [2.24, 2.45) is 5.73 Å². The van der Waals surface area contributed by atoms with E-state index >= 15 is 0 Å². The van der Waals surface area contributed by atoms with Crippen LogP contribution in [0.5, 0.6) is 0 Å². The molecule has 5 N–H and O–H groups in total. The summed E-state index contributed by atoms with van der Waals surface area (Å²) < 4.78 is 27.9. The zero-order valence-electron chi connectivity index (χ0n) is 13.7. The van der Waals surface area contributed by atoms with E-state index in [9.17, 15) is 13.2 Å². The Bertz CT molecular complexity index is 965. The molecule has 9 nitrogen and oxygen atoms in total. The summed E-state index contributed by atoms with van der Waals surface area (Å²) in [6.45, 7) is 2.48. The van der Waals surface area contributed by atoms with Crippen molar-refractivity contribution < 1.29 is 18.3 Å². The number of anilines is 1. The predicted molar refractivity (Wildman–Crippen MR) is 101 cm³/mol. The number of nitrogens with zero attached hydrogens (tertiary/aromatic N) is 2. The van der Waals surface area contributed by atoms with Crippen molar-refractivity contribution in [1.82, 2.24) is 9.71 Å². The van der Waals surface area contributed by atoms with Crippen LogP contribution in [0, 0.1) is 5.41 Å². The minimum Gasteiger partial charge on any atom is -0.480 e. The summed E-state index contributed by atoms with van der Waals surface area (Å²) in [6, 6.07) is 4.11. The third-order valence-corrected chi connectivity index (χ3v) is 5.38. The van der Waals surface area contributed by atoms with E-state index in [4.69, 9.17) is 28.0 Å². The Kier molecular flexibility index (Phi) is 6.42. The Morgan fingerprint density at radius 1 is 1.38 bits per heavy atom. The van der Waals surface area contributed by atoms with Gasteiger partial charge in [0.1, 0.15) is 5.54 Å². The molecule has 0 radical (unpaired) electrons. The van der Waals surface area contributed by atoms with Crippen LogP contribution in [0.25, 0.3) is 10.8 Å². The molecule has 2 rings (SSSR count). The molecule has 0 fully saturated rings. The highest BCUT2D eigenvalue weighted by Crippen LogP contribution is 2.29. The summed E-state index contributed by atoms with van der Waals surface area (Å²) >= 11 is 5.92. The zero-order valence-corrected chi connectivity index (χ0v) is 16.1. The van der Waals surface area contributed by atoms with Crippen LogP contribution in [0.4, 0.5) is 5.69 Å². The van der Waals surface area contributed by atoms with Gasteiger partial charge < -0.3 is 10.8 Å². The fraction of sp³-hybridized carbons (Fsp3) is 0.214. The number of hydrogen-bond donors (Lipinski definition) is 4. The van der Waals surface area contributed by atoms with Gasteiger partial charge in [-0.2, -0.15) is 4.72 Å². The number of nitrogens with two attached hydrogens (primary N) is 1. The average molecular weight is 422 g/mol. The number of fused-ring (bicyclic) bond motifs is 1. The molecular formula is C14H17Cl2N5O4S. The monoisotopic (exact) mass is 421 g/mol. The van der Waals surface area contributed by atoms with Crippen molar-refractivity contribution in [1.29, 1.82) is 5.41 Å². The van der Waals surface area contributed by atoms with Gasteiger partial charge >= 0.3 is 5.97 Å². The summed E-state index contributed by atoms with van der Waals surface area (Å²) in [6.07, 6.45) is 2.81. The summed E-state index contributed by atoms with van der Waals surface area (Å²) in [5.41, 5.74) is 3.99. The third kappa shape index (κ3) is 4.33. The number of halogens is 2. The van der Waals surface area contributed by atoms with Gasteiger partial charge in [-0.15, -0.1) is 12.4 Å². The summed E-state index contributed by atoms with van der Waals surface area (Å²) in [5.74, 6) is -1.72. The van der Waals surface area contributed by atoms with Gasteiger partial charge in [-0.1, -0.05) is 6.07 Å². The molecule has 2 aromatic rings. The second kappa shape index (κ2) is 7.62.